The van der Waals surface area contributed by atoms with E-state index >= 15 is 0 Å². The zero-order chi connectivity index (χ0) is 12.1. The number of thiol groups is 3. The lowest BCUT2D eigenvalue weighted by Gasteiger charge is -2.08. The molecule has 0 aliphatic carbocycles. The molecule has 0 aliphatic rings. The molecular formula is C10H22S6. The molecule has 0 spiro atoms. The minimum atomic E-state index is 0.482. The molecular weight excluding hydrogens is 313 g/mol. The van der Waals surface area contributed by atoms with Gasteiger partial charge in [0, 0.05) is 17.3 Å². The fourth-order valence-electron chi connectivity index (χ4n) is 0.996. The van der Waals surface area contributed by atoms with Gasteiger partial charge in [0.2, 0.25) is 0 Å². The first kappa shape index (κ1) is 18.1. The van der Waals surface area contributed by atoms with Crippen LogP contribution in [0.2, 0.25) is 0 Å². The van der Waals surface area contributed by atoms with Gasteiger partial charge in [0.05, 0.1) is 4.58 Å². The van der Waals surface area contributed by atoms with Gasteiger partial charge in [0.25, 0.3) is 0 Å². The van der Waals surface area contributed by atoms with Gasteiger partial charge in [-0.05, 0) is 35.9 Å². The van der Waals surface area contributed by atoms with Crippen LogP contribution in [-0.2, 0) is 0 Å². The molecule has 0 nitrogen and oxygen atoms in total. The third-order valence-electron chi connectivity index (χ3n) is 1.72. The van der Waals surface area contributed by atoms with Crippen molar-refractivity contribution in [3.63, 3.8) is 0 Å². The van der Waals surface area contributed by atoms with Crippen LogP contribution in [0.5, 0.6) is 0 Å². The summed E-state index contributed by atoms with van der Waals surface area (Å²) in [6, 6.07) is 0. The van der Waals surface area contributed by atoms with Gasteiger partial charge >= 0.3 is 0 Å². The minimum Gasteiger partial charge on any atom is -0.179 e. The number of thioether (sulfide) groups is 3. The molecule has 0 aromatic carbocycles. The number of unbranched alkanes of at least 4 members (excludes halogenated alkanes) is 1. The summed E-state index contributed by atoms with van der Waals surface area (Å²) in [6.45, 7) is 0. The zero-order valence-electron chi connectivity index (χ0n) is 9.51. The van der Waals surface area contributed by atoms with E-state index in [2.05, 4.69) is 37.9 Å². The van der Waals surface area contributed by atoms with Crippen molar-refractivity contribution in [1.82, 2.24) is 0 Å². The van der Waals surface area contributed by atoms with E-state index in [0.717, 1.165) is 23.0 Å². The summed E-state index contributed by atoms with van der Waals surface area (Å²) in [6.07, 6.45) is 2.68. The van der Waals surface area contributed by atoms with Crippen LogP contribution in [0.3, 0.4) is 0 Å². The Morgan fingerprint density at radius 3 is 2.06 bits per heavy atom. The molecule has 0 rings (SSSR count). The van der Waals surface area contributed by atoms with Crippen molar-refractivity contribution in [1.29, 1.82) is 0 Å². The molecule has 1 atom stereocenters. The highest BCUT2D eigenvalue weighted by atomic mass is 32.2. The first-order chi connectivity index (χ1) is 7.81. The smallest absolute Gasteiger partial charge is 0.0562 e. The second-order valence-corrected chi connectivity index (χ2v) is 8.72. The van der Waals surface area contributed by atoms with E-state index in [-0.39, 0.29) is 0 Å². The number of rotatable bonds is 12. The van der Waals surface area contributed by atoms with Gasteiger partial charge in [-0.15, -0.1) is 11.8 Å². The molecule has 98 valence electrons. The molecule has 0 saturated carbocycles. The van der Waals surface area contributed by atoms with Crippen molar-refractivity contribution in [3.8, 4) is 0 Å². The summed E-state index contributed by atoms with van der Waals surface area (Å²) in [5, 5.41) is 0. The molecule has 1 unspecified atom stereocenters. The molecule has 16 heavy (non-hydrogen) atoms. The normalized spacial score (nSPS) is 12.9. The van der Waals surface area contributed by atoms with E-state index in [1.165, 1.54) is 30.1 Å². The Bertz CT molecular complexity index is 132. The maximum atomic E-state index is 4.53. The van der Waals surface area contributed by atoms with Crippen LogP contribution in [-0.4, -0.2) is 44.9 Å². The topological polar surface area (TPSA) is 0 Å². The van der Waals surface area contributed by atoms with Crippen LogP contribution >= 0.6 is 73.2 Å². The van der Waals surface area contributed by atoms with Crippen LogP contribution in [0.4, 0.5) is 0 Å². The van der Waals surface area contributed by atoms with E-state index in [1.54, 1.807) is 0 Å². The summed E-state index contributed by atoms with van der Waals surface area (Å²) >= 11 is 18.9. The lowest BCUT2D eigenvalue weighted by molar-refractivity contribution is 0.907. The molecule has 0 aliphatic heterocycles. The van der Waals surface area contributed by atoms with Gasteiger partial charge in [0.1, 0.15) is 0 Å². The highest BCUT2D eigenvalue weighted by molar-refractivity contribution is 8.12. The van der Waals surface area contributed by atoms with Crippen molar-refractivity contribution in [3.05, 3.63) is 0 Å². The zero-order valence-corrected chi connectivity index (χ0v) is 14.6. The molecule has 0 bridgehead atoms. The van der Waals surface area contributed by atoms with E-state index in [4.69, 9.17) is 0 Å². The Morgan fingerprint density at radius 2 is 1.44 bits per heavy atom. The molecule has 0 aromatic heterocycles. The first-order valence-corrected chi connectivity index (χ1v) is 10.6. The van der Waals surface area contributed by atoms with Crippen LogP contribution in [0, 0.1) is 0 Å². The molecule has 0 N–H and O–H groups in total. The SMILES string of the molecule is SCCSCCCCSCC(S)SCCS. The van der Waals surface area contributed by atoms with E-state index in [0.29, 0.717) is 4.58 Å². The van der Waals surface area contributed by atoms with Crippen molar-refractivity contribution in [2.75, 3.05) is 40.3 Å². The number of hydrogen-bond acceptors (Lipinski definition) is 6. The Morgan fingerprint density at radius 1 is 0.812 bits per heavy atom. The van der Waals surface area contributed by atoms with Crippen molar-refractivity contribution in [2.45, 2.75) is 17.4 Å². The van der Waals surface area contributed by atoms with Crippen molar-refractivity contribution < 1.29 is 0 Å². The summed E-state index contributed by atoms with van der Waals surface area (Å²) in [7, 11) is 0. The summed E-state index contributed by atoms with van der Waals surface area (Å²) in [4.78, 5) is 0. The average molecular weight is 335 g/mol. The van der Waals surface area contributed by atoms with Gasteiger partial charge < -0.3 is 0 Å². The van der Waals surface area contributed by atoms with Crippen molar-refractivity contribution >= 4 is 73.2 Å². The minimum absolute atomic E-state index is 0.482. The Hall–Kier alpha value is 2.10. The summed E-state index contributed by atoms with van der Waals surface area (Å²) in [5.74, 6) is 7.98. The van der Waals surface area contributed by atoms with Crippen molar-refractivity contribution in [2.24, 2.45) is 0 Å². The molecule has 6 heteroatoms. The highest BCUT2D eigenvalue weighted by Crippen LogP contribution is 2.20. The molecule has 0 heterocycles. The quantitative estimate of drug-likeness (QED) is 0.280. The lowest BCUT2D eigenvalue weighted by Crippen LogP contribution is -1.99. The Balaban J connectivity index is 3.02. The molecule has 0 saturated heterocycles. The molecule has 0 radical (unpaired) electrons. The van der Waals surface area contributed by atoms with Gasteiger partial charge in [0.15, 0.2) is 0 Å². The third kappa shape index (κ3) is 14.2. The standard InChI is InChI=1S/C10H22S6/c11-3-7-14-5-1-2-6-15-9-10(13)16-8-4-12/h10-13H,1-9H2. The molecule has 0 amide bonds. The van der Waals surface area contributed by atoms with Gasteiger partial charge in [-0.3, -0.25) is 0 Å². The van der Waals surface area contributed by atoms with Crippen LogP contribution in [0.15, 0.2) is 0 Å². The highest BCUT2D eigenvalue weighted by Gasteiger charge is 2.02. The molecule has 0 fully saturated rings. The third-order valence-corrected chi connectivity index (χ3v) is 7.07. The second kappa shape index (κ2) is 15.2. The summed E-state index contributed by atoms with van der Waals surface area (Å²) in [5.41, 5.74) is 0. The van der Waals surface area contributed by atoms with Crippen LogP contribution < -0.4 is 0 Å². The van der Waals surface area contributed by atoms with Crippen LogP contribution in [0.1, 0.15) is 12.8 Å². The Labute approximate surface area is 130 Å². The van der Waals surface area contributed by atoms with Crippen LogP contribution in [0.25, 0.3) is 0 Å². The second-order valence-electron chi connectivity index (χ2n) is 3.17. The number of hydrogen-bond donors (Lipinski definition) is 3. The maximum absolute atomic E-state index is 4.53. The predicted octanol–water partition coefficient (Wildman–Crippen LogP) is 4.08. The lowest BCUT2D eigenvalue weighted by atomic mass is 10.4. The van der Waals surface area contributed by atoms with Gasteiger partial charge in [-0.25, -0.2) is 0 Å². The molecule has 0 aromatic rings. The summed E-state index contributed by atoms with van der Waals surface area (Å²) < 4.78 is 0.482. The largest absolute Gasteiger partial charge is 0.179 e. The van der Waals surface area contributed by atoms with E-state index < -0.39 is 0 Å². The monoisotopic (exact) mass is 334 g/mol. The van der Waals surface area contributed by atoms with E-state index in [1.807, 2.05) is 35.3 Å². The van der Waals surface area contributed by atoms with Gasteiger partial charge in [-0.1, -0.05) is 0 Å². The average Bonchev–Trinajstić information content (AvgIpc) is 2.30. The Kier molecular flexibility index (Phi) is 17.1. The van der Waals surface area contributed by atoms with Gasteiger partial charge in [-0.2, -0.15) is 61.4 Å². The first-order valence-electron chi connectivity index (χ1n) is 5.48. The predicted molar refractivity (Wildman–Crippen MR) is 96.8 cm³/mol. The fourth-order valence-corrected chi connectivity index (χ4v) is 4.90. The maximum Gasteiger partial charge on any atom is 0.0562 e. The van der Waals surface area contributed by atoms with E-state index in [9.17, 15) is 0 Å². The fraction of sp³-hybridized carbons (Fsp3) is 1.00.